The van der Waals surface area contributed by atoms with E-state index in [1.807, 2.05) is 0 Å². The molecule has 2 aromatic heterocycles. The van der Waals surface area contributed by atoms with Crippen LogP contribution >= 0.6 is 11.3 Å². The van der Waals surface area contributed by atoms with Gasteiger partial charge in [-0.25, -0.2) is 4.98 Å². The monoisotopic (exact) mass is 377 g/mol. The predicted molar refractivity (Wildman–Crippen MR) is 92.7 cm³/mol. The number of nitrogens with zero attached hydrogens (tertiary/aromatic N) is 2. The second-order valence-electron chi connectivity index (χ2n) is 5.60. The zero-order valence-corrected chi connectivity index (χ0v) is 14.4. The van der Waals surface area contributed by atoms with Crippen molar-refractivity contribution in [1.29, 1.82) is 0 Å². The predicted octanol–water partition coefficient (Wildman–Crippen LogP) is 4.71. The SMILES string of the molecule is CC(NC(=O)c1cscn1)c1cccc(-c2cccc(C(F)(F)F)c2)n1. The number of amides is 1. The van der Waals surface area contributed by atoms with Gasteiger partial charge in [-0.2, -0.15) is 13.2 Å². The number of halogens is 3. The maximum absolute atomic E-state index is 12.9. The third kappa shape index (κ3) is 4.08. The van der Waals surface area contributed by atoms with E-state index in [-0.39, 0.29) is 5.91 Å². The molecule has 26 heavy (non-hydrogen) atoms. The number of thiazole rings is 1. The number of alkyl halides is 3. The summed E-state index contributed by atoms with van der Waals surface area (Å²) in [6, 6.07) is 9.62. The number of carbonyl (C=O) groups excluding carboxylic acids is 1. The van der Waals surface area contributed by atoms with E-state index in [9.17, 15) is 18.0 Å². The molecule has 0 aliphatic carbocycles. The maximum atomic E-state index is 12.9. The molecule has 3 aromatic rings. The molecule has 1 atom stereocenters. The molecule has 134 valence electrons. The summed E-state index contributed by atoms with van der Waals surface area (Å²) in [5.41, 5.74) is 2.46. The van der Waals surface area contributed by atoms with Crippen LogP contribution in [-0.2, 0) is 6.18 Å². The zero-order chi connectivity index (χ0) is 18.7. The van der Waals surface area contributed by atoms with E-state index in [1.54, 1.807) is 42.1 Å². The fourth-order valence-corrected chi connectivity index (χ4v) is 2.91. The lowest BCUT2D eigenvalue weighted by atomic mass is 10.1. The molecule has 0 spiro atoms. The van der Waals surface area contributed by atoms with E-state index < -0.39 is 17.8 Å². The van der Waals surface area contributed by atoms with Gasteiger partial charge in [0.15, 0.2) is 0 Å². The second kappa shape index (κ2) is 7.25. The van der Waals surface area contributed by atoms with Crippen molar-refractivity contribution < 1.29 is 18.0 Å². The smallest absolute Gasteiger partial charge is 0.343 e. The van der Waals surface area contributed by atoms with Crippen molar-refractivity contribution >= 4 is 17.2 Å². The molecular weight excluding hydrogens is 363 g/mol. The summed E-state index contributed by atoms with van der Waals surface area (Å²) >= 11 is 1.31. The van der Waals surface area contributed by atoms with Gasteiger partial charge in [0.2, 0.25) is 0 Å². The van der Waals surface area contributed by atoms with E-state index in [0.717, 1.165) is 12.1 Å². The maximum Gasteiger partial charge on any atom is 0.416 e. The van der Waals surface area contributed by atoms with Crippen molar-refractivity contribution in [3.8, 4) is 11.3 Å². The van der Waals surface area contributed by atoms with Crippen LogP contribution in [0.15, 0.2) is 53.4 Å². The lowest BCUT2D eigenvalue weighted by Crippen LogP contribution is -2.27. The second-order valence-corrected chi connectivity index (χ2v) is 6.31. The van der Waals surface area contributed by atoms with Gasteiger partial charge in [0.25, 0.3) is 5.91 Å². The van der Waals surface area contributed by atoms with Crippen molar-refractivity contribution in [3.05, 3.63) is 70.3 Å². The number of nitrogens with one attached hydrogen (secondary N) is 1. The van der Waals surface area contributed by atoms with Crippen molar-refractivity contribution in [2.24, 2.45) is 0 Å². The Balaban J connectivity index is 1.83. The van der Waals surface area contributed by atoms with Crippen molar-refractivity contribution in [2.45, 2.75) is 19.1 Å². The van der Waals surface area contributed by atoms with Crippen molar-refractivity contribution in [3.63, 3.8) is 0 Å². The largest absolute Gasteiger partial charge is 0.416 e. The Morgan fingerprint density at radius 3 is 2.65 bits per heavy atom. The number of benzene rings is 1. The molecule has 1 unspecified atom stereocenters. The van der Waals surface area contributed by atoms with Gasteiger partial charge in [-0.3, -0.25) is 9.78 Å². The number of rotatable bonds is 4. The van der Waals surface area contributed by atoms with Crippen LogP contribution in [0, 0.1) is 0 Å². The summed E-state index contributed by atoms with van der Waals surface area (Å²) < 4.78 is 38.7. The summed E-state index contributed by atoms with van der Waals surface area (Å²) in [7, 11) is 0. The first kappa shape index (κ1) is 18.1. The molecule has 8 heteroatoms. The minimum absolute atomic E-state index is 0.316. The van der Waals surface area contributed by atoms with Gasteiger partial charge in [-0.15, -0.1) is 11.3 Å². The lowest BCUT2D eigenvalue weighted by molar-refractivity contribution is -0.137. The molecule has 0 aliphatic heterocycles. The van der Waals surface area contributed by atoms with Crippen LogP contribution < -0.4 is 5.32 Å². The number of carbonyl (C=O) groups is 1. The van der Waals surface area contributed by atoms with Crippen LogP contribution in [0.2, 0.25) is 0 Å². The number of aromatic nitrogens is 2. The molecule has 0 saturated heterocycles. The van der Waals surface area contributed by atoms with Crippen LogP contribution in [0.4, 0.5) is 13.2 Å². The molecule has 4 nitrogen and oxygen atoms in total. The van der Waals surface area contributed by atoms with Crippen LogP contribution in [0.5, 0.6) is 0 Å². The minimum Gasteiger partial charge on any atom is -0.343 e. The Morgan fingerprint density at radius 1 is 1.19 bits per heavy atom. The summed E-state index contributed by atoms with van der Waals surface area (Å²) in [6.45, 7) is 1.75. The highest BCUT2D eigenvalue weighted by Crippen LogP contribution is 2.31. The van der Waals surface area contributed by atoms with Crippen LogP contribution in [-0.4, -0.2) is 15.9 Å². The summed E-state index contributed by atoms with van der Waals surface area (Å²) in [5.74, 6) is -0.329. The summed E-state index contributed by atoms with van der Waals surface area (Å²) in [4.78, 5) is 20.4. The number of hydrogen-bond acceptors (Lipinski definition) is 4. The summed E-state index contributed by atoms with van der Waals surface area (Å²) in [6.07, 6.45) is -4.41. The topological polar surface area (TPSA) is 54.9 Å². The Hall–Kier alpha value is -2.74. The highest BCUT2D eigenvalue weighted by molar-refractivity contribution is 7.07. The van der Waals surface area contributed by atoms with E-state index in [2.05, 4.69) is 15.3 Å². The lowest BCUT2D eigenvalue weighted by Gasteiger charge is -2.14. The first-order valence-corrected chi connectivity index (χ1v) is 8.62. The highest BCUT2D eigenvalue weighted by Gasteiger charge is 2.30. The van der Waals surface area contributed by atoms with E-state index >= 15 is 0 Å². The van der Waals surface area contributed by atoms with Crippen LogP contribution in [0.3, 0.4) is 0 Å². The Labute approximate surface area is 151 Å². The van der Waals surface area contributed by atoms with E-state index in [1.165, 1.54) is 17.4 Å². The average Bonchev–Trinajstić information content (AvgIpc) is 3.16. The minimum atomic E-state index is -4.41. The first-order chi connectivity index (χ1) is 12.3. The van der Waals surface area contributed by atoms with Crippen LogP contribution in [0.25, 0.3) is 11.3 Å². The van der Waals surface area contributed by atoms with Gasteiger partial charge in [0.1, 0.15) is 5.69 Å². The highest BCUT2D eigenvalue weighted by atomic mass is 32.1. The molecule has 0 aliphatic rings. The zero-order valence-electron chi connectivity index (χ0n) is 13.6. The number of pyridine rings is 1. The molecule has 0 fully saturated rings. The van der Waals surface area contributed by atoms with Crippen LogP contribution in [0.1, 0.15) is 34.7 Å². The molecule has 0 saturated carbocycles. The molecule has 2 heterocycles. The van der Waals surface area contributed by atoms with Gasteiger partial charge in [0.05, 0.1) is 28.5 Å². The fraction of sp³-hybridized carbons (Fsp3) is 0.167. The molecule has 1 aromatic carbocycles. The van der Waals surface area contributed by atoms with Crippen molar-refractivity contribution in [1.82, 2.24) is 15.3 Å². The standard InChI is InChI=1S/C18H14F3N3OS/c1-11(23-17(25)16-9-26-10-22-16)14-6-3-7-15(24-14)12-4-2-5-13(8-12)18(19,20)21/h2-11H,1H3,(H,23,25). The van der Waals surface area contributed by atoms with Gasteiger partial charge < -0.3 is 5.32 Å². The molecule has 1 N–H and O–H groups in total. The van der Waals surface area contributed by atoms with Gasteiger partial charge in [-0.05, 0) is 31.2 Å². The fourth-order valence-electron chi connectivity index (χ4n) is 2.38. The molecule has 0 radical (unpaired) electrons. The van der Waals surface area contributed by atoms with Gasteiger partial charge >= 0.3 is 6.18 Å². The molecule has 3 rings (SSSR count). The Kier molecular flexibility index (Phi) is 5.03. The quantitative estimate of drug-likeness (QED) is 0.716. The number of hydrogen-bond donors (Lipinski definition) is 1. The van der Waals surface area contributed by atoms with E-state index in [4.69, 9.17) is 0 Å². The molecule has 1 amide bonds. The first-order valence-electron chi connectivity index (χ1n) is 7.68. The van der Waals surface area contributed by atoms with Gasteiger partial charge in [-0.1, -0.05) is 18.2 Å². The Bertz CT molecular complexity index is 910. The third-order valence-electron chi connectivity index (χ3n) is 3.71. The summed E-state index contributed by atoms with van der Waals surface area (Å²) in [5, 5.41) is 4.41. The van der Waals surface area contributed by atoms with Gasteiger partial charge in [0, 0.05) is 10.9 Å². The average molecular weight is 377 g/mol. The normalized spacial score (nSPS) is 12.6. The Morgan fingerprint density at radius 2 is 1.96 bits per heavy atom. The molecular formula is C18H14F3N3OS. The molecule has 0 bridgehead atoms. The van der Waals surface area contributed by atoms with Crippen molar-refractivity contribution in [2.75, 3.05) is 0 Å². The van der Waals surface area contributed by atoms with E-state index in [0.29, 0.717) is 22.6 Å². The third-order valence-corrected chi connectivity index (χ3v) is 4.30.